The number of aliphatic hydroxyl groups excluding tert-OH is 1. The quantitative estimate of drug-likeness (QED) is 0.448. The van der Waals surface area contributed by atoms with Crippen LogP contribution in [0.15, 0.2) is 23.7 Å². The number of thiazole rings is 1. The Morgan fingerprint density at radius 2 is 2.17 bits per heavy atom. The maximum Gasteiger partial charge on any atom is 0.260 e. The topological polar surface area (TPSA) is 120 Å². The molecule has 1 aromatic carbocycles. The lowest BCUT2D eigenvalue weighted by Gasteiger charge is -2.18. The Morgan fingerprint density at radius 3 is 2.83 bits per heavy atom. The average Bonchev–Trinajstić information content (AvgIpc) is 3.35. The summed E-state index contributed by atoms with van der Waals surface area (Å²) in [5.41, 5.74) is 3.84. The molecule has 0 spiro atoms. The molecule has 9 heteroatoms. The number of phenolic OH excluding ortho intramolecular Hbond substituents is 1. The van der Waals surface area contributed by atoms with Crippen molar-refractivity contribution >= 4 is 17.2 Å². The van der Waals surface area contributed by atoms with Gasteiger partial charge in [-0.2, -0.15) is 5.10 Å². The molecule has 0 saturated heterocycles. The number of nitrogens with zero attached hydrogens (tertiary/aromatic N) is 2. The second-order valence-corrected chi connectivity index (χ2v) is 7.42. The zero-order chi connectivity index (χ0) is 21.0. The van der Waals surface area contributed by atoms with Crippen LogP contribution in [-0.2, 0) is 11.2 Å². The first-order valence-corrected chi connectivity index (χ1v) is 10.2. The first kappa shape index (κ1) is 20.8. The highest BCUT2D eigenvalue weighted by atomic mass is 32.1. The molecule has 8 nitrogen and oxygen atoms in total. The van der Waals surface area contributed by atoms with E-state index in [1.807, 2.05) is 25.3 Å². The summed E-state index contributed by atoms with van der Waals surface area (Å²) < 4.78 is 5.78. The van der Waals surface area contributed by atoms with Crippen LogP contribution < -0.4 is 10.1 Å². The first-order valence-electron chi connectivity index (χ1n) is 9.31. The van der Waals surface area contributed by atoms with Crippen molar-refractivity contribution in [2.75, 3.05) is 13.2 Å². The lowest BCUT2D eigenvalue weighted by Crippen LogP contribution is -2.37. The van der Waals surface area contributed by atoms with Gasteiger partial charge < -0.3 is 20.3 Å². The van der Waals surface area contributed by atoms with Gasteiger partial charge in [-0.3, -0.25) is 9.89 Å². The Bertz CT molecular complexity index is 998. The smallest absolute Gasteiger partial charge is 0.260 e. The van der Waals surface area contributed by atoms with Crippen molar-refractivity contribution in [3.8, 4) is 33.3 Å². The summed E-state index contributed by atoms with van der Waals surface area (Å²) in [6.45, 7) is 5.54. The molecule has 1 amide bonds. The maximum atomic E-state index is 12.0. The number of aryl methyl sites for hydroxylation is 2. The van der Waals surface area contributed by atoms with Crippen molar-refractivity contribution < 1.29 is 19.7 Å². The van der Waals surface area contributed by atoms with Gasteiger partial charge in [-0.05, 0) is 31.9 Å². The Hall–Kier alpha value is -2.91. The van der Waals surface area contributed by atoms with Crippen molar-refractivity contribution in [1.82, 2.24) is 20.5 Å². The highest BCUT2D eigenvalue weighted by molar-refractivity contribution is 7.13. The van der Waals surface area contributed by atoms with Gasteiger partial charge in [0.25, 0.3) is 5.91 Å². The largest absolute Gasteiger partial charge is 0.507 e. The minimum atomic E-state index is -0.766. The van der Waals surface area contributed by atoms with Gasteiger partial charge in [0.15, 0.2) is 6.10 Å². The van der Waals surface area contributed by atoms with Crippen molar-refractivity contribution in [3.63, 3.8) is 0 Å². The molecule has 0 saturated carbocycles. The Kier molecular flexibility index (Phi) is 6.50. The third kappa shape index (κ3) is 4.57. The summed E-state index contributed by atoms with van der Waals surface area (Å²) in [5.74, 6) is 0.116. The summed E-state index contributed by atoms with van der Waals surface area (Å²) in [6, 6.07) is 3.35. The second kappa shape index (κ2) is 9.06. The number of nitrogens with one attached hydrogen (secondary N) is 2. The number of aromatic amines is 1. The fraction of sp³-hybridized carbons (Fsp3) is 0.350. The van der Waals surface area contributed by atoms with Crippen LogP contribution in [0.5, 0.6) is 11.5 Å². The standard InChI is InChI=1S/C20H24N4O4S/c1-4-13-7-14(18-15(9-22-24-18)20-23-11(2)10-29-20)16(26)8-17(13)28-12(3)19(27)21-5-6-25/h7-10,12,25-26H,4-6H2,1-3H3,(H,21,27)(H,22,24)/t12-/m1/s1. The van der Waals surface area contributed by atoms with Crippen LogP contribution in [0.1, 0.15) is 25.1 Å². The highest BCUT2D eigenvalue weighted by Crippen LogP contribution is 2.40. The second-order valence-electron chi connectivity index (χ2n) is 6.56. The number of H-pyrrole nitrogens is 1. The molecule has 2 aromatic heterocycles. The summed E-state index contributed by atoms with van der Waals surface area (Å²) in [7, 11) is 0. The SMILES string of the molecule is CCc1cc(-c2[nH]ncc2-c2nc(C)cs2)c(O)cc1O[C@H](C)C(=O)NCCO. The number of ether oxygens (including phenoxy) is 1. The molecule has 0 fully saturated rings. The summed E-state index contributed by atoms with van der Waals surface area (Å²) in [6.07, 6.45) is 1.57. The van der Waals surface area contributed by atoms with Crippen molar-refractivity contribution in [2.45, 2.75) is 33.3 Å². The van der Waals surface area contributed by atoms with Gasteiger partial charge in [0.1, 0.15) is 16.5 Å². The number of rotatable bonds is 8. The third-order valence-electron chi connectivity index (χ3n) is 4.40. The van der Waals surface area contributed by atoms with Gasteiger partial charge in [-0.15, -0.1) is 11.3 Å². The molecule has 1 atom stereocenters. The van der Waals surface area contributed by atoms with E-state index < -0.39 is 6.10 Å². The van der Waals surface area contributed by atoms with Crippen LogP contribution in [-0.4, -0.2) is 50.6 Å². The molecule has 2 heterocycles. The molecule has 0 unspecified atom stereocenters. The number of phenols is 1. The fourth-order valence-corrected chi connectivity index (χ4v) is 3.71. The number of amides is 1. The zero-order valence-corrected chi connectivity index (χ0v) is 17.3. The molecule has 0 aliphatic heterocycles. The Balaban J connectivity index is 1.92. The number of aromatic nitrogens is 3. The van der Waals surface area contributed by atoms with E-state index in [1.54, 1.807) is 13.1 Å². The number of aromatic hydroxyl groups is 1. The van der Waals surface area contributed by atoms with Crippen molar-refractivity contribution in [1.29, 1.82) is 0 Å². The van der Waals surface area contributed by atoms with E-state index in [1.165, 1.54) is 17.4 Å². The predicted molar refractivity (Wildman–Crippen MR) is 111 cm³/mol. The number of benzene rings is 1. The number of hydrogen-bond donors (Lipinski definition) is 4. The van der Waals surface area contributed by atoms with Gasteiger partial charge >= 0.3 is 0 Å². The van der Waals surface area contributed by atoms with Gasteiger partial charge in [0.2, 0.25) is 0 Å². The van der Waals surface area contributed by atoms with Gasteiger partial charge in [0, 0.05) is 29.2 Å². The van der Waals surface area contributed by atoms with Crippen LogP contribution in [0.25, 0.3) is 21.8 Å². The van der Waals surface area contributed by atoms with E-state index in [-0.39, 0.29) is 24.8 Å². The van der Waals surface area contributed by atoms with Crippen molar-refractivity contribution in [3.05, 3.63) is 35.0 Å². The van der Waals surface area contributed by atoms with Crippen LogP contribution in [0.4, 0.5) is 0 Å². The summed E-state index contributed by atoms with van der Waals surface area (Å²) in [4.78, 5) is 16.5. The third-order valence-corrected chi connectivity index (χ3v) is 5.40. The number of carbonyl (C=O) groups excluding carboxylic acids is 1. The predicted octanol–water partition coefficient (Wildman–Crippen LogP) is 2.65. The lowest BCUT2D eigenvalue weighted by molar-refractivity contribution is -0.127. The number of aliphatic hydroxyl groups is 1. The van der Waals surface area contributed by atoms with E-state index in [0.29, 0.717) is 23.4 Å². The van der Waals surface area contributed by atoms with E-state index in [0.717, 1.165) is 21.8 Å². The number of carbonyl (C=O) groups is 1. The molecule has 4 N–H and O–H groups in total. The molecule has 3 rings (SSSR count). The Morgan fingerprint density at radius 1 is 1.38 bits per heavy atom. The summed E-state index contributed by atoms with van der Waals surface area (Å²) in [5, 5.41) is 31.9. The maximum absolute atomic E-state index is 12.0. The Labute approximate surface area is 172 Å². The van der Waals surface area contributed by atoms with Crippen LogP contribution in [0.2, 0.25) is 0 Å². The first-order chi connectivity index (χ1) is 13.9. The minimum Gasteiger partial charge on any atom is -0.507 e. The van der Waals surface area contributed by atoms with Gasteiger partial charge in [0.05, 0.1) is 24.1 Å². The van der Waals surface area contributed by atoms with Crippen LogP contribution in [0, 0.1) is 6.92 Å². The lowest BCUT2D eigenvalue weighted by atomic mass is 10.0. The molecule has 0 bridgehead atoms. The molecule has 0 radical (unpaired) electrons. The van der Waals surface area contributed by atoms with Crippen LogP contribution in [0.3, 0.4) is 0 Å². The average molecular weight is 417 g/mol. The minimum absolute atomic E-state index is 0.0129. The molecule has 0 aliphatic rings. The summed E-state index contributed by atoms with van der Waals surface area (Å²) >= 11 is 1.51. The van der Waals surface area contributed by atoms with E-state index >= 15 is 0 Å². The zero-order valence-electron chi connectivity index (χ0n) is 16.5. The molecule has 0 aliphatic carbocycles. The normalized spacial score (nSPS) is 12.0. The molecule has 29 heavy (non-hydrogen) atoms. The van der Waals surface area contributed by atoms with E-state index in [4.69, 9.17) is 9.84 Å². The van der Waals surface area contributed by atoms with E-state index in [9.17, 15) is 9.90 Å². The highest BCUT2D eigenvalue weighted by Gasteiger charge is 2.21. The van der Waals surface area contributed by atoms with Gasteiger partial charge in [-0.1, -0.05) is 6.92 Å². The molecule has 3 aromatic rings. The molecular weight excluding hydrogens is 392 g/mol. The van der Waals surface area contributed by atoms with E-state index in [2.05, 4.69) is 20.5 Å². The number of hydrogen-bond acceptors (Lipinski definition) is 7. The monoisotopic (exact) mass is 416 g/mol. The van der Waals surface area contributed by atoms with Gasteiger partial charge in [-0.25, -0.2) is 4.98 Å². The fourth-order valence-electron chi connectivity index (χ4n) is 2.90. The van der Waals surface area contributed by atoms with Crippen LogP contribution >= 0.6 is 11.3 Å². The van der Waals surface area contributed by atoms with Crippen molar-refractivity contribution in [2.24, 2.45) is 0 Å². The molecule has 154 valence electrons. The molecular formula is C20H24N4O4S.